The van der Waals surface area contributed by atoms with Gasteiger partial charge in [0.2, 0.25) is 0 Å². The minimum absolute atomic E-state index is 0.0971. The number of hydrogen-bond acceptors (Lipinski definition) is 5. The van der Waals surface area contributed by atoms with Crippen LogP contribution >= 0.6 is 11.6 Å². The standard InChI is InChI=1S/C24H24ClNO4/c1-6-14-7-9-16(29-17-10-8-15(13-26)19(25)12-17)11-18(14)20-21(27)23(2,3)30-24(4,5)22(20)28/h7-12,27H,6H2,1-5H3. The van der Waals surface area contributed by atoms with E-state index in [4.69, 9.17) is 26.3 Å². The molecule has 0 saturated heterocycles. The minimum Gasteiger partial charge on any atom is -0.508 e. The largest absolute Gasteiger partial charge is 0.508 e. The normalized spacial score (nSPS) is 17.6. The highest BCUT2D eigenvalue weighted by atomic mass is 35.5. The lowest BCUT2D eigenvalue weighted by Crippen LogP contribution is -2.49. The SMILES string of the molecule is CCc1ccc(Oc2ccc(C#N)c(Cl)c2)cc1C1=C(O)C(C)(C)OC(C)(C)C1=O. The Hall–Kier alpha value is -2.81. The highest BCUT2D eigenvalue weighted by Gasteiger charge is 2.47. The first kappa shape index (κ1) is 21.9. The number of carbonyl (C=O) groups is 1. The molecule has 30 heavy (non-hydrogen) atoms. The first-order valence-electron chi connectivity index (χ1n) is 9.69. The van der Waals surface area contributed by atoms with Crippen LogP contribution in [0.2, 0.25) is 5.02 Å². The van der Waals surface area contributed by atoms with Crippen molar-refractivity contribution < 1.29 is 19.4 Å². The van der Waals surface area contributed by atoms with Gasteiger partial charge < -0.3 is 14.6 Å². The fourth-order valence-electron chi connectivity index (χ4n) is 3.64. The zero-order chi connectivity index (χ0) is 22.3. The van der Waals surface area contributed by atoms with E-state index in [0.29, 0.717) is 34.1 Å². The summed E-state index contributed by atoms with van der Waals surface area (Å²) >= 11 is 6.10. The summed E-state index contributed by atoms with van der Waals surface area (Å²) in [5.41, 5.74) is 0.0446. The summed E-state index contributed by atoms with van der Waals surface area (Å²) in [4.78, 5) is 13.2. The zero-order valence-electron chi connectivity index (χ0n) is 17.7. The lowest BCUT2D eigenvalue weighted by molar-refractivity contribution is -0.158. The summed E-state index contributed by atoms with van der Waals surface area (Å²) in [6, 6.07) is 12.2. The molecule has 0 atom stereocenters. The highest BCUT2D eigenvalue weighted by Crippen LogP contribution is 2.42. The molecule has 0 amide bonds. The predicted octanol–water partition coefficient (Wildman–Crippen LogP) is 5.99. The summed E-state index contributed by atoms with van der Waals surface area (Å²) in [7, 11) is 0. The van der Waals surface area contributed by atoms with E-state index in [9.17, 15) is 9.90 Å². The molecular weight excluding hydrogens is 402 g/mol. The summed E-state index contributed by atoms with van der Waals surface area (Å²) in [6.07, 6.45) is 0.671. The van der Waals surface area contributed by atoms with Crippen LogP contribution in [-0.2, 0) is 16.0 Å². The number of Topliss-reactive ketones (excluding diaryl/α,β-unsaturated/α-hetero) is 1. The first-order chi connectivity index (χ1) is 14.0. The number of carbonyl (C=O) groups excluding carboxylic acids is 1. The van der Waals surface area contributed by atoms with Crippen LogP contribution in [0.3, 0.4) is 0 Å². The molecular formula is C24H24ClNO4. The van der Waals surface area contributed by atoms with Crippen LogP contribution in [0.25, 0.3) is 5.57 Å². The maximum atomic E-state index is 13.2. The van der Waals surface area contributed by atoms with E-state index in [-0.39, 0.29) is 17.1 Å². The zero-order valence-corrected chi connectivity index (χ0v) is 18.4. The number of nitrogens with zero attached hydrogens (tertiary/aromatic N) is 1. The van der Waals surface area contributed by atoms with Gasteiger partial charge in [-0.3, -0.25) is 4.79 Å². The average molecular weight is 426 g/mol. The first-order valence-corrected chi connectivity index (χ1v) is 10.1. The van der Waals surface area contributed by atoms with Crippen molar-refractivity contribution in [3.63, 3.8) is 0 Å². The Balaban J connectivity index is 2.10. The van der Waals surface area contributed by atoms with Gasteiger partial charge in [0.05, 0.1) is 16.2 Å². The number of halogens is 1. The van der Waals surface area contributed by atoms with Crippen molar-refractivity contribution in [3.8, 4) is 17.6 Å². The molecule has 1 aliphatic heterocycles. The van der Waals surface area contributed by atoms with Gasteiger partial charge in [0.15, 0.2) is 5.78 Å². The number of aliphatic hydroxyl groups is 1. The Bertz CT molecular complexity index is 1090. The Morgan fingerprint density at radius 1 is 1.10 bits per heavy atom. The summed E-state index contributed by atoms with van der Waals surface area (Å²) in [6.45, 7) is 8.86. The molecule has 0 bridgehead atoms. The molecule has 0 saturated carbocycles. The summed E-state index contributed by atoms with van der Waals surface area (Å²) < 4.78 is 11.8. The van der Waals surface area contributed by atoms with Crippen LogP contribution in [0.4, 0.5) is 0 Å². The van der Waals surface area contributed by atoms with Gasteiger partial charge in [0.25, 0.3) is 0 Å². The van der Waals surface area contributed by atoms with E-state index < -0.39 is 11.2 Å². The quantitative estimate of drug-likeness (QED) is 0.650. The number of aliphatic hydroxyl groups excluding tert-OH is 1. The molecule has 156 valence electrons. The van der Waals surface area contributed by atoms with Crippen molar-refractivity contribution in [2.75, 3.05) is 0 Å². The number of nitriles is 1. The maximum Gasteiger partial charge on any atom is 0.198 e. The predicted molar refractivity (Wildman–Crippen MR) is 116 cm³/mol. The smallest absolute Gasteiger partial charge is 0.198 e. The molecule has 3 rings (SSSR count). The van der Waals surface area contributed by atoms with Crippen molar-refractivity contribution in [1.82, 2.24) is 0 Å². The van der Waals surface area contributed by atoms with Gasteiger partial charge in [-0.05, 0) is 69.5 Å². The van der Waals surface area contributed by atoms with Gasteiger partial charge in [0.1, 0.15) is 34.5 Å². The van der Waals surface area contributed by atoms with E-state index in [0.717, 1.165) is 5.56 Å². The topological polar surface area (TPSA) is 79.6 Å². The second-order valence-corrected chi connectivity index (χ2v) is 8.61. The molecule has 2 aromatic rings. The van der Waals surface area contributed by atoms with Crippen LogP contribution < -0.4 is 4.74 Å². The number of hydrogen-bond donors (Lipinski definition) is 1. The number of aryl methyl sites for hydroxylation is 1. The maximum absolute atomic E-state index is 13.2. The van der Waals surface area contributed by atoms with E-state index in [2.05, 4.69) is 0 Å². The van der Waals surface area contributed by atoms with E-state index in [1.807, 2.05) is 19.1 Å². The number of ether oxygens (including phenoxy) is 2. The van der Waals surface area contributed by atoms with Crippen LogP contribution in [0.5, 0.6) is 11.5 Å². The third-order valence-electron chi connectivity index (χ3n) is 5.12. The van der Waals surface area contributed by atoms with Crippen molar-refractivity contribution in [3.05, 3.63) is 63.9 Å². The van der Waals surface area contributed by atoms with Gasteiger partial charge >= 0.3 is 0 Å². The third kappa shape index (κ3) is 3.94. The van der Waals surface area contributed by atoms with Gasteiger partial charge in [0, 0.05) is 6.07 Å². The number of ketones is 1. The molecule has 0 aliphatic carbocycles. The fourth-order valence-corrected chi connectivity index (χ4v) is 3.85. The molecule has 6 heteroatoms. The molecule has 1 heterocycles. The molecule has 0 spiro atoms. The highest BCUT2D eigenvalue weighted by molar-refractivity contribution is 6.31. The molecule has 1 N–H and O–H groups in total. The Morgan fingerprint density at radius 3 is 2.33 bits per heavy atom. The van der Waals surface area contributed by atoms with Gasteiger partial charge in [-0.15, -0.1) is 0 Å². The molecule has 2 aromatic carbocycles. The van der Waals surface area contributed by atoms with E-state index in [1.54, 1.807) is 58.0 Å². The number of rotatable bonds is 4. The van der Waals surface area contributed by atoms with Gasteiger partial charge in [-0.1, -0.05) is 24.6 Å². The van der Waals surface area contributed by atoms with E-state index in [1.165, 1.54) is 0 Å². The van der Waals surface area contributed by atoms with Crippen molar-refractivity contribution in [2.45, 2.75) is 52.2 Å². The van der Waals surface area contributed by atoms with E-state index >= 15 is 0 Å². The van der Waals surface area contributed by atoms with Crippen LogP contribution in [0, 0.1) is 11.3 Å². The lowest BCUT2D eigenvalue weighted by atomic mass is 9.81. The van der Waals surface area contributed by atoms with Crippen molar-refractivity contribution in [1.29, 1.82) is 5.26 Å². The van der Waals surface area contributed by atoms with Crippen LogP contribution in [0.1, 0.15) is 51.3 Å². The fraction of sp³-hybridized carbons (Fsp3) is 0.333. The monoisotopic (exact) mass is 425 g/mol. The molecule has 0 aromatic heterocycles. The second-order valence-electron chi connectivity index (χ2n) is 8.20. The van der Waals surface area contributed by atoms with Crippen LogP contribution in [-0.4, -0.2) is 22.1 Å². The molecule has 0 fully saturated rings. The average Bonchev–Trinajstić information content (AvgIpc) is 2.67. The molecule has 1 aliphatic rings. The lowest BCUT2D eigenvalue weighted by Gasteiger charge is -2.40. The summed E-state index contributed by atoms with van der Waals surface area (Å²) in [5, 5.41) is 20.2. The Kier molecular flexibility index (Phi) is 5.68. The summed E-state index contributed by atoms with van der Waals surface area (Å²) in [5.74, 6) is 0.567. The minimum atomic E-state index is -1.08. The second kappa shape index (κ2) is 7.79. The Morgan fingerprint density at radius 2 is 1.73 bits per heavy atom. The van der Waals surface area contributed by atoms with Gasteiger partial charge in [-0.2, -0.15) is 5.26 Å². The molecule has 5 nitrogen and oxygen atoms in total. The number of benzene rings is 2. The van der Waals surface area contributed by atoms with Crippen molar-refractivity contribution in [2.24, 2.45) is 0 Å². The van der Waals surface area contributed by atoms with Crippen LogP contribution in [0.15, 0.2) is 42.2 Å². The Labute approximate surface area is 181 Å². The molecule has 0 unspecified atom stereocenters. The van der Waals surface area contributed by atoms with Gasteiger partial charge in [-0.25, -0.2) is 0 Å². The molecule has 0 radical (unpaired) electrons. The van der Waals surface area contributed by atoms with Crippen molar-refractivity contribution >= 4 is 23.0 Å². The third-order valence-corrected chi connectivity index (χ3v) is 5.43.